The van der Waals surface area contributed by atoms with Crippen molar-refractivity contribution in [1.82, 2.24) is 0 Å². The van der Waals surface area contributed by atoms with Gasteiger partial charge in [0.1, 0.15) is 17.3 Å². The number of rotatable bonds is 1. The molecule has 0 saturated carbocycles. The summed E-state index contributed by atoms with van der Waals surface area (Å²) in [4.78, 5) is 11.0. The summed E-state index contributed by atoms with van der Waals surface area (Å²) in [6.07, 6.45) is 0. The van der Waals surface area contributed by atoms with E-state index in [0.29, 0.717) is 0 Å². The van der Waals surface area contributed by atoms with Gasteiger partial charge in [-0.1, -0.05) is 5.16 Å². The van der Waals surface area contributed by atoms with E-state index in [2.05, 4.69) is 9.89 Å². The van der Waals surface area contributed by atoms with Gasteiger partial charge >= 0.3 is 5.97 Å². The molecule has 6 nitrogen and oxygen atoms in total. The first-order valence-electron chi connectivity index (χ1n) is 4.76. The zero-order valence-electron chi connectivity index (χ0n) is 9.18. The Labute approximate surface area is 102 Å². The lowest BCUT2D eigenvalue weighted by Gasteiger charge is -2.04. The predicted molar refractivity (Wildman–Crippen MR) is 58.1 cm³/mol. The number of fused-ring (bicyclic) bond motifs is 1. The zero-order chi connectivity index (χ0) is 13.5. The monoisotopic (exact) mass is 273 g/mol. The average molecular weight is 273 g/mol. The summed E-state index contributed by atoms with van der Waals surface area (Å²) in [6, 6.07) is 1.74. The molecule has 18 heavy (non-hydrogen) atoms. The predicted octanol–water partition coefficient (Wildman–Crippen LogP) is 0.578. The second kappa shape index (κ2) is 4.05. The highest BCUT2D eigenvalue weighted by Gasteiger charge is 2.34. The van der Waals surface area contributed by atoms with Gasteiger partial charge < -0.3 is 9.94 Å². The van der Waals surface area contributed by atoms with Crippen molar-refractivity contribution in [2.24, 2.45) is 5.16 Å². The first kappa shape index (κ1) is 12.5. The maximum atomic E-state index is 13.6. The van der Waals surface area contributed by atoms with Gasteiger partial charge in [0, 0.05) is 5.56 Å². The molecule has 0 atom stereocenters. The Kier molecular flexibility index (Phi) is 2.81. The average Bonchev–Trinajstić information content (AvgIpc) is 2.58. The summed E-state index contributed by atoms with van der Waals surface area (Å²) in [5.74, 6) is -2.43. The molecule has 96 valence electrons. The number of benzene rings is 1. The van der Waals surface area contributed by atoms with Gasteiger partial charge in [-0.05, 0) is 12.1 Å². The van der Waals surface area contributed by atoms with Gasteiger partial charge in [0.05, 0.1) is 17.6 Å². The molecule has 0 aromatic heterocycles. The van der Waals surface area contributed by atoms with Crippen LogP contribution in [-0.2, 0) is 14.6 Å². The summed E-state index contributed by atoms with van der Waals surface area (Å²) >= 11 is 0. The molecular formula is C10H8FNO5S. The molecule has 0 spiro atoms. The maximum absolute atomic E-state index is 13.6. The Morgan fingerprint density at radius 2 is 2.17 bits per heavy atom. The van der Waals surface area contributed by atoms with Crippen molar-refractivity contribution in [2.75, 3.05) is 12.9 Å². The van der Waals surface area contributed by atoms with E-state index < -0.39 is 32.9 Å². The molecule has 0 radical (unpaired) electrons. The Hall–Kier alpha value is -1.96. The standard InChI is InChI=1S/C10H8FNO5S/c1-17-10(13)5-3-9-6(2-7(5)11)8(12-14)4-18(9,15)16/h2-3,14H,4H2,1H3. The Morgan fingerprint density at radius 3 is 2.72 bits per heavy atom. The molecule has 0 saturated heterocycles. The molecule has 1 aromatic rings. The van der Waals surface area contributed by atoms with E-state index >= 15 is 0 Å². The van der Waals surface area contributed by atoms with Crippen molar-refractivity contribution in [3.05, 3.63) is 29.1 Å². The number of sulfone groups is 1. The maximum Gasteiger partial charge on any atom is 0.340 e. The first-order chi connectivity index (χ1) is 8.40. The number of hydrogen-bond acceptors (Lipinski definition) is 6. The second-order valence-corrected chi connectivity index (χ2v) is 5.58. The molecule has 0 unspecified atom stereocenters. The normalized spacial score (nSPS) is 18.7. The van der Waals surface area contributed by atoms with Crippen LogP contribution in [0.25, 0.3) is 0 Å². The van der Waals surface area contributed by atoms with Gasteiger partial charge in [0.2, 0.25) is 0 Å². The van der Waals surface area contributed by atoms with Crippen molar-refractivity contribution in [2.45, 2.75) is 4.90 Å². The molecule has 2 rings (SSSR count). The number of hydrogen-bond donors (Lipinski definition) is 1. The minimum absolute atomic E-state index is 0.0392. The van der Waals surface area contributed by atoms with Gasteiger partial charge in [-0.15, -0.1) is 0 Å². The SMILES string of the molecule is COC(=O)c1cc2c(cc1F)C(=NO)CS2(=O)=O. The number of methoxy groups -OCH3 is 1. The smallest absolute Gasteiger partial charge is 0.340 e. The molecular weight excluding hydrogens is 265 g/mol. The summed E-state index contributed by atoms with van der Waals surface area (Å²) in [7, 11) is -2.65. The molecule has 0 fully saturated rings. The van der Waals surface area contributed by atoms with Crippen LogP contribution in [0.15, 0.2) is 22.2 Å². The number of ether oxygens (including phenoxy) is 1. The van der Waals surface area contributed by atoms with Crippen LogP contribution in [-0.4, -0.2) is 38.2 Å². The lowest BCUT2D eigenvalue weighted by molar-refractivity contribution is 0.0595. The lowest BCUT2D eigenvalue weighted by atomic mass is 10.1. The van der Waals surface area contributed by atoms with Crippen LogP contribution >= 0.6 is 0 Å². The highest BCUT2D eigenvalue weighted by Crippen LogP contribution is 2.29. The summed E-state index contributed by atoms with van der Waals surface area (Å²) in [6.45, 7) is 0. The molecule has 1 N–H and O–H groups in total. The minimum Gasteiger partial charge on any atom is -0.465 e. The van der Waals surface area contributed by atoms with Crippen LogP contribution in [0.1, 0.15) is 15.9 Å². The highest BCUT2D eigenvalue weighted by atomic mass is 32.2. The number of carbonyl (C=O) groups is 1. The quantitative estimate of drug-likeness (QED) is 0.349. The van der Waals surface area contributed by atoms with Crippen LogP contribution in [0.3, 0.4) is 0 Å². The lowest BCUT2D eigenvalue weighted by Crippen LogP contribution is -2.07. The zero-order valence-corrected chi connectivity index (χ0v) is 9.99. The van der Waals surface area contributed by atoms with Gasteiger partial charge in [0.15, 0.2) is 9.84 Å². The Balaban J connectivity index is 2.74. The summed E-state index contributed by atoms with van der Waals surface area (Å²) in [5.41, 5.74) is -0.665. The largest absolute Gasteiger partial charge is 0.465 e. The van der Waals surface area contributed by atoms with E-state index in [-0.39, 0.29) is 16.2 Å². The third kappa shape index (κ3) is 1.74. The minimum atomic E-state index is -3.71. The van der Waals surface area contributed by atoms with Gasteiger partial charge in [-0.2, -0.15) is 0 Å². The van der Waals surface area contributed by atoms with Crippen LogP contribution < -0.4 is 0 Å². The van der Waals surface area contributed by atoms with E-state index in [4.69, 9.17) is 5.21 Å². The summed E-state index contributed by atoms with van der Waals surface area (Å²) < 4.78 is 41.4. The van der Waals surface area contributed by atoms with E-state index in [9.17, 15) is 17.6 Å². The van der Waals surface area contributed by atoms with E-state index in [1.165, 1.54) is 0 Å². The number of halogens is 1. The fraction of sp³-hybridized carbons (Fsp3) is 0.200. The second-order valence-electron chi connectivity index (χ2n) is 3.63. The van der Waals surface area contributed by atoms with Crippen molar-refractivity contribution in [3.63, 3.8) is 0 Å². The number of oxime groups is 1. The van der Waals surface area contributed by atoms with Crippen molar-refractivity contribution in [1.29, 1.82) is 0 Å². The third-order valence-corrected chi connectivity index (χ3v) is 4.23. The highest BCUT2D eigenvalue weighted by molar-refractivity contribution is 7.92. The summed E-state index contributed by atoms with van der Waals surface area (Å²) in [5, 5.41) is 11.5. The molecule has 8 heteroatoms. The van der Waals surface area contributed by atoms with Gasteiger partial charge in [-0.3, -0.25) is 0 Å². The van der Waals surface area contributed by atoms with Crippen molar-refractivity contribution < 1.29 is 27.5 Å². The molecule has 0 bridgehead atoms. The fourth-order valence-electron chi connectivity index (χ4n) is 1.72. The first-order valence-corrected chi connectivity index (χ1v) is 6.42. The van der Waals surface area contributed by atoms with Crippen molar-refractivity contribution >= 4 is 21.5 Å². The third-order valence-electron chi connectivity index (χ3n) is 2.57. The van der Waals surface area contributed by atoms with Crippen LogP contribution in [0.5, 0.6) is 0 Å². The Bertz CT molecular complexity index is 665. The van der Waals surface area contributed by atoms with Gasteiger partial charge in [-0.25, -0.2) is 17.6 Å². The molecule has 1 aliphatic rings. The topological polar surface area (TPSA) is 93.0 Å². The molecule has 0 amide bonds. The molecule has 1 aliphatic heterocycles. The number of carbonyl (C=O) groups excluding carboxylic acids is 1. The van der Waals surface area contributed by atoms with Crippen LogP contribution in [0.2, 0.25) is 0 Å². The molecule has 0 aliphatic carbocycles. The van der Waals surface area contributed by atoms with Crippen LogP contribution in [0.4, 0.5) is 4.39 Å². The van der Waals surface area contributed by atoms with E-state index in [1.54, 1.807) is 0 Å². The van der Waals surface area contributed by atoms with Crippen molar-refractivity contribution in [3.8, 4) is 0 Å². The van der Waals surface area contributed by atoms with E-state index in [1.807, 2.05) is 0 Å². The van der Waals surface area contributed by atoms with E-state index in [0.717, 1.165) is 19.2 Å². The molecule has 1 aromatic carbocycles. The van der Waals surface area contributed by atoms with Gasteiger partial charge in [0.25, 0.3) is 0 Å². The van der Waals surface area contributed by atoms with Crippen LogP contribution in [0, 0.1) is 5.82 Å². The number of esters is 1. The Morgan fingerprint density at radius 1 is 1.50 bits per heavy atom. The molecule has 1 heterocycles. The number of nitrogens with zero attached hydrogens (tertiary/aromatic N) is 1. The fourth-order valence-corrected chi connectivity index (χ4v) is 3.26.